The molecule has 0 saturated carbocycles. The van der Waals surface area contributed by atoms with Crippen molar-refractivity contribution in [3.8, 4) is 11.4 Å². The third kappa shape index (κ3) is 4.49. The minimum atomic E-state index is -0.158. The Morgan fingerprint density at radius 3 is 2.44 bits per heavy atom. The molecule has 0 aliphatic heterocycles. The third-order valence-electron chi connectivity index (χ3n) is 3.93. The van der Waals surface area contributed by atoms with Crippen molar-refractivity contribution in [3.05, 3.63) is 53.3 Å². The molecule has 3 rings (SSSR count). The van der Waals surface area contributed by atoms with E-state index in [1.165, 1.54) is 11.1 Å². The molecule has 0 aliphatic carbocycles. The second-order valence-corrected chi connectivity index (χ2v) is 6.93. The van der Waals surface area contributed by atoms with Gasteiger partial charge in [0.05, 0.1) is 5.69 Å². The van der Waals surface area contributed by atoms with Crippen LogP contribution in [0.15, 0.2) is 36.5 Å². The quantitative estimate of drug-likeness (QED) is 0.725. The first-order chi connectivity index (χ1) is 12.8. The number of anilines is 2. The molecule has 0 radical (unpaired) electrons. The van der Waals surface area contributed by atoms with Crippen molar-refractivity contribution in [1.82, 2.24) is 25.1 Å². The van der Waals surface area contributed by atoms with Crippen LogP contribution in [0.3, 0.4) is 0 Å². The van der Waals surface area contributed by atoms with Crippen LogP contribution in [0.5, 0.6) is 0 Å². The Balaban J connectivity index is 1.86. The molecule has 140 valence electrons. The van der Waals surface area contributed by atoms with Gasteiger partial charge in [-0.2, -0.15) is 5.10 Å². The maximum absolute atomic E-state index is 12.3. The van der Waals surface area contributed by atoms with Gasteiger partial charge in [0, 0.05) is 25.0 Å². The number of amides is 1. The molecule has 2 aromatic heterocycles. The van der Waals surface area contributed by atoms with Gasteiger partial charge in [-0.05, 0) is 63.1 Å². The van der Waals surface area contributed by atoms with Crippen LogP contribution in [-0.2, 0) is 7.05 Å². The molecule has 2 heterocycles. The summed E-state index contributed by atoms with van der Waals surface area (Å²) < 4.78 is 1.56. The number of carbonyl (C=O) groups excluding carboxylic acids is 1. The number of aryl methyl sites for hydroxylation is 3. The highest BCUT2D eigenvalue weighted by Crippen LogP contribution is 2.21. The van der Waals surface area contributed by atoms with Crippen LogP contribution < -0.4 is 10.6 Å². The molecule has 0 spiro atoms. The number of nitrogens with one attached hydrogen (secondary N) is 2. The minimum Gasteiger partial charge on any atom is -0.349 e. The zero-order valence-corrected chi connectivity index (χ0v) is 16.2. The number of hydrogen-bond donors (Lipinski definition) is 2. The topological polar surface area (TPSA) is 84.7 Å². The van der Waals surface area contributed by atoms with E-state index in [-0.39, 0.29) is 11.9 Å². The van der Waals surface area contributed by atoms with E-state index in [2.05, 4.69) is 31.8 Å². The van der Waals surface area contributed by atoms with Crippen LogP contribution in [0.2, 0.25) is 0 Å². The zero-order chi connectivity index (χ0) is 19.6. The van der Waals surface area contributed by atoms with E-state index in [1.54, 1.807) is 30.1 Å². The Hall–Kier alpha value is -3.22. The normalized spacial score (nSPS) is 10.9. The molecule has 27 heavy (non-hydrogen) atoms. The van der Waals surface area contributed by atoms with E-state index >= 15 is 0 Å². The van der Waals surface area contributed by atoms with Crippen LogP contribution in [0.4, 0.5) is 11.6 Å². The molecule has 0 unspecified atom stereocenters. The molecule has 7 nitrogen and oxygen atoms in total. The molecule has 0 saturated heterocycles. The fourth-order valence-electron chi connectivity index (χ4n) is 2.88. The van der Waals surface area contributed by atoms with Gasteiger partial charge in [-0.15, -0.1) is 0 Å². The first-order valence-corrected chi connectivity index (χ1v) is 8.85. The summed E-state index contributed by atoms with van der Waals surface area (Å²) in [5, 5.41) is 10.5. The van der Waals surface area contributed by atoms with Crippen LogP contribution >= 0.6 is 0 Å². The lowest BCUT2D eigenvalue weighted by Crippen LogP contribution is -2.31. The average molecular weight is 364 g/mol. The fourth-order valence-corrected chi connectivity index (χ4v) is 2.88. The molecule has 0 aliphatic rings. The Kier molecular flexibility index (Phi) is 5.21. The summed E-state index contributed by atoms with van der Waals surface area (Å²) in [4.78, 5) is 21.1. The maximum atomic E-state index is 12.3. The number of aromatic nitrogens is 4. The van der Waals surface area contributed by atoms with Crippen LogP contribution in [0.1, 0.15) is 35.5 Å². The van der Waals surface area contributed by atoms with E-state index in [1.807, 2.05) is 39.8 Å². The highest BCUT2D eigenvalue weighted by atomic mass is 16.2. The van der Waals surface area contributed by atoms with Crippen molar-refractivity contribution in [3.63, 3.8) is 0 Å². The van der Waals surface area contributed by atoms with Crippen molar-refractivity contribution >= 4 is 17.5 Å². The summed E-state index contributed by atoms with van der Waals surface area (Å²) >= 11 is 0. The summed E-state index contributed by atoms with van der Waals surface area (Å²) in [7, 11) is 1.74. The Labute approximate surface area is 158 Å². The monoisotopic (exact) mass is 364 g/mol. The lowest BCUT2D eigenvalue weighted by Gasteiger charge is -2.07. The standard InChI is InChI=1S/C20H24N6O/c1-12(2)22-19(27)18-11-17(25-26(18)5)16-6-7-21-20(24-16)23-15-9-13(3)8-14(4)10-15/h6-12H,1-5H3,(H,22,27)(H,21,23,24). The summed E-state index contributed by atoms with van der Waals surface area (Å²) in [6.07, 6.45) is 1.68. The number of rotatable bonds is 5. The van der Waals surface area contributed by atoms with Gasteiger partial charge in [0.15, 0.2) is 0 Å². The number of carbonyl (C=O) groups is 1. The number of nitrogens with zero attached hydrogens (tertiary/aromatic N) is 4. The molecular weight excluding hydrogens is 340 g/mol. The van der Waals surface area contributed by atoms with Gasteiger partial charge >= 0.3 is 0 Å². The average Bonchev–Trinajstić information content (AvgIpc) is 2.95. The van der Waals surface area contributed by atoms with Gasteiger partial charge in [0.2, 0.25) is 5.95 Å². The Morgan fingerprint density at radius 1 is 1.07 bits per heavy atom. The SMILES string of the molecule is Cc1cc(C)cc(Nc2nccc(-c3cc(C(=O)NC(C)C)n(C)n3)n2)c1. The van der Waals surface area contributed by atoms with Crippen molar-refractivity contribution < 1.29 is 4.79 Å². The van der Waals surface area contributed by atoms with E-state index in [9.17, 15) is 4.79 Å². The molecule has 1 aromatic carbocycles. The highest BCUT2D eigenvalue weighted by molar-refractivity contribution is 5.93. The first kappa shape index (κ1) is 18.6. The molecular formula is C20H24N6O. The van der Waals surface area contributed by atoms with Crippen molar-refractivity contribution in [2.45, 2.75) is 33.7 Å². The maximum Gasteiger partial charge on any atom is 0.269 e. The Bertz CT molecular complexity index is 956. The summed E-state index contributed by atoms with van der Waals surface area (Å²) in [5.74, 6) is 0.324. The van der Waals surface area contributed by atoms with Gasteiger partial charge in [-0.3, -0.25) is 9.48 Å². The van der Waals surface area contributed by atoms with Crippen LogP contribution in [0, 0.1) is 13.8 Å². The lowest BCUT2D eigenvalue weighted by atomic mass is 10.1. The molecule has 1 amide bonds. The second kappa shape index (κ2) is 7.57. The molecule has 7 heteroatoms. The molecule has 0 fully saturated rings. The van der Waals surface area contributed by atoms with E-state index in [0.717, 1.165) is 5.69 Å². The van der Waals surface area contributed by atoms with Gasteiger partial charge in [0.25, 0.3) is 5.91 Å². The largest absolute Gasteiger partial charge is 0.349 e. The second-order valence-electron chi connectivity index (χ2n) is 6.93. The Morgan fingerprint density at radius 2 is 1.78 bits per heavy atom. The first-order valence-electron chi connectivity index (χ1n) is 8.85. The summed E-state index contributed by atoms with van der Waals surface area (Å²) in [5.41, 5.74) is 5.02. The van der Waals surface area contributed by atoms with Crippen molar-refractivity contribution in [1.29, 1.82) is 0 Å². The highest BCUT2D eigenvalue weighted by Gasteiger charge is 2.16. The van der Waals surface area contributed by atoms with Crippen molar-refractivity contribution in [2.75, 3.05) is 5.32 Å². The van der Waals surface area contributed by atoms with Gasteiger partial charge in [-0.25, -0.2) is 9.97 Å². The van der Waals surface area contributed by atoms with E-state index in [0.29, 0.717) is 23.0 Å². The van der Waals surface area contributed by atoms with Gasteiger partial charge in [-0.1, -0.05) is 6.07 Å². The predicted molar refractivity (Wildman–Crippen MR) is 106 cm³/mol. The number of benzene rings is 1. The third-order valence-corrected chi connectivity index (χ3v) is 3.93. The van der Waals surface area contributed by atoms with Crippen LogP contribution in [-0.4, -0.2) is 31.7 Å². The zero-order valence-electron chi connectivity index (χ0n) is 16.2. The molecule has 0 bridgehead atoms. The van der Waals surface area contributed by atoms with E-state index in [4.69, 9.17) is 0 Å². The lowest BCUT2D eigenvalue weighted by molar-refractivity contribution is 0.0933. The summed E-state index contributed by atoms with van der Waals surface area (Å²) in [6.45, 7) is 7.94. The minimum absolute atomic E-state index is 0.0588. The van der Waals surface area contributed by atoms with Gasteiger partial charge < -0.3 is 10.6 Å². The number of hydrogen-bond acceptors (Lipinski definition) is 5. The fraction of sp³-hybridized carbons (Fsp3) is 0.300. The predicted octanol–water partition coefficient (Wildman–Crippen LogP) is 3.38. The summed E-state index contributed by atoms with van der Waals surface area (Å²) in [6, 6.07) is 9.76. The van der Waals surface area contributed by atoms with Gasteiger partial charge in [0.1, 0.15) is 11.4 Å². The van der Waals surface area contributed by atoms with Crippen molar-refractivity contribution in [2.24, 2.45) is 7.05 Å². The molecule has 2 N–H and O–H groups in total. The van der Waals surface area contributed by atoms with Crippen LogP contribution in [0.25, 0.3) is 11.4 Å². The molecule has 3 aromatic rings. The van der Waals surface area contributed by atoms with E-state index < -0.39 is 0 Å². The smallest absolute Gasteiger partial charge is 0.269 e. The molecule has 0 atom stereocenters.